The van der Waals surface area contributed by atoms with Gasteiger partial charge < -0.3 is 9.47 Å². The fraction of sp³-hybridized carbons (Fsp3) is 0.133. The largest absolute Gasteiger partial charge is 0.495 e. The topological polar surface area (TPSA) is 35.5 Å². The van der Waals surface area contributed by atoms with E-state index < -0.39 is 0 Å². The van der Waals surface area contributed by atoms with Crippen molar-refractivity contribution >= 4 is 40.6 Å². The van der Waals surface area contributed by atoms with Gasteiger partial charge in [0.1, 0.15) is 10.8 Å². The maximum atomic E-state index is 12.6. The minimum atomic E-state index is -0.291. The van der Waals surface area contributed by atoms with E-state index in [0.717, 1.165) is 0 Å². The standard InChI is InChI=1S/C15H11Cl3O3/c1-20-12-4-3-11(15(21-2)13(12)18)14(19)8-5-9(16)7-10(17)6-8/h3-7H,1-2H3. The van der Waals surface area contributed by atoms with Crippen molar-refractivity contribution in [2.45, 2.75) is 0 Å². The Morgan fingerprint density at radius 1 is 0.952 bits per heavy atom. The third kappa shape index (κ3) is 3.26. The molecule has 6 heteroatoms. The highest BCUT2D eigenvalue weighted by atomic mass is 35.5. The van der Waals surface area contributed by atoms with Crippen LogP contribution in [0.25, 0.3) is 0 Å². The molecular formula is C15H11Cl3O3. The van der Waals surface area contributed by atoms with E-state index >= 15 is 0 Å². The zero-order valence-electron chi connectivity index (χ0n) is 11.2. The van der Waals surface area contributed by atoms with Gasteiger partial charge in [-0.1, -0.05) is 34.8 Å². The Morgan fingerprint density at radius 2 is 1.57 bits per heavy atom. The van der Waals surface area contributed by atoms with Gasteiger partial charge in [-0.2, -0.15) is 0 Å². The minimum Gasteiger partial charge on any atom is -0.495 e. The van der Waals surface area contributed by atoms with Crippen LogP contribution in [-0.2, 0) is 0 Å². The first-order chi connectivity index (χ1) is 9.97. The second kappa shape index (κ2) is 6.56. The first-order valence-electron chi connectivity index (χ1n) is 5.89. The molecule has 0 aliphatic heterocycles. The molecule has 110 valence electrons. The van der Waals surface area contributed by atoms with Gasteiger partial charge in [0, 0.05) is 15.6 Å². The normalized spacial score (nSPS) is 10.3. The monoisotopic (exact) mass is 344 g/mol. The summed E-state index contributed by atoms with van der Waals surface area (Å²) in [5, 5.41) is 0.993. The number of ether oxygens (including phenoxy) is 2. The molecule has 0 heterocycles. The van der Waals surface area contributed by atoms with Crippen molar-refractivity contribution in [3.63, 3.8) is 0 Å². The fourth-order valence-electron chi connectivity index (χ4n) is 1.91. The van der Waals surface area contributed by atoms with Gasteiger partial charge in [0.15, 0.2) is 11.5 Å². The molecule has 0 saturated carbocycles. The van der Waals surface area contributed by atoms with Crippen LogP contribution in [0, 0.1) is 0 Å². The summed E-state index contributed by atoms with van der Waals surface area (Å²) in [4.78, 5) is 12.6. The smallest absolute Gasteiger partial charge is 0.196 e. The molecule has 0 fully saturated rings. The van der Waals surface area contributed by atoms with Crippen molar-refractivity contribution < 1.29 is 14.3 Å². The molecule has 0 amide bonds. The van der Waals surface area contributed by atoms with Gasteiger partial charge in [-0.3, -0.25) is 4.79 Å². The van der Waals surface area contributed by atoms with E-state index in [1.807, 2.05) is 0 Å². The van der Waals surface area contributed by atoms with Crippen molar-refractivity contribution in [3.8, 4) is 11.5 Å². The quantitative estimate of drug-likeness (QED) is 0.740. The zero-order chi connectivity index (χ0) is 15.6. The fourth-order valence-corrected chi connectivity index (χ4v) is 2.76. The molecule has 0 saturated heterocycles. The van der Waals surface area contributed by atoms with Crippen LogP contribution in [0.1, 0.15) is 15.9 Å². The molecule has 21 heavy (non-hydrogen) atoms. The number of hydrogen-bond acceptors (Lipinski definition) is 3. The maximum Gasteiger partial charge on any atom is 0.196 e. The number of hydrogen-bond donors (Lipinski definition) is 0. The van der Waals surface area contributed by atoms with Crippen molar-refractivity contribution in [2.75, 3.05) is 14.2 Å². The van der Waals surface area contributed by atoms with Crippen LogP contribution >= 0.6 is 34.8 Å². The van der Waals surface area contributed by atoms with E-state index in [9.17, 15) is 4.79 Å². The first kappa shape index (κ1) is 16.0. The highest BCUT2D eigenvalue weighted by molar-refractivity contribution is 6.36. The molecule has 2 aromatic rings. The summed E-state index contributed by atoms with van der Waals surface area (Å²) in [7, 11) is 2.92. The van der Waals surface area contributed by atoms with Gasteiger partial charge >= 0.3 is 0 Å². The predicted molar refractivity (Wildman–Crippen MR) is 84.5 cm³/mol. The molecule has 0 aliphatic carbocycles. The number of carbonyl (C=O) groups excluding carboxylic acids is 1. The lowest BCUT2D eigenvalue weighted by atomic mass is 10.0. The van der Waals surface area contributed by atoms with E-state index in [1.165, 1.54) is 26.4 Å². The van der Waals surface area contributed by atoms with Gasteiger partial charge in [-0.15, -0.1) is 0 Å². The lowest BCUT2D eigenvalue weighted by Crippen LogP contribution is -2.05. The van der Waals surface area contributed by atoms with E-state index in [0.29, 0.717) is 26.9 Å². The number of ketones is 1. The zero-order valence-corrected chi connectivity index (χ0v) is 13.5. The van der Waals surface area contributed by atoms with Gasteiger partial charge in [-0.25, -0.2) is 0 Å². The second-order valence-electron chi connectivity index (χ2n) is 4.15. The lowest BCUT2D eigenvalue weighted by molar-refractivity contribution is 0.103. The average Bonchev–Trinajstić information content (AvgIpc) is 2.45. The van der Waals surface area contributed by atoms with E-state index in [4.69, 9.17) is 44.3 Å². The molecule has 0 atom stereocenters. The molecule has 0 bridgehead atoms. The van der Waals surface area contributed by atoms with Gasteiger partial charge in [-0.05, 0) is 30.3 Å². The Labute approximate surface area is 137 Å². The van der Waals surface area contributed by atoms with Crippen molar-refractivity contribution in [3.05, 3.63) is 56.5 Å². The third-order valence-corrected chi connectivity index (χ3v) is 3.65. The summed E-state index contributed by atoms with van der Waals surface area (Å²) in [6.45, 7) is 0. The van der Waals surface area contributed by atoms with Crippen LogP contribution < -0.4 is 9.47 Å². The van der Waals surface area contributed by atoms with Crippen LogP contribution in [0.2, 0.25) is 15.1 Å². The third-order valence-electron chi connectivity index (χ3n) is 2.86. The van der Waals surface area contributed by atoms with E-state index in [1.54, 1.807) is 18.2 Å². The highest BCUT2D eigenvalue weighted by Gasteiger charge is 2.20. The summed E-state index contributed by atoms with van der Waals surface area (Å²) in [6.07, 6.45) is 0. The number of carbonyl (C=O) groups is 1. The molecule has 2 rings (SSSR count). The highest BCUT2D eigenvalue weighted by Crippen LogP contribution is 2.38. The number of halogens is 3. The average molecular weight is 346 g/mol. The Kier molecular flexibility index (Phi) is 4.99. The maximum absolute atomic E-state index is 12.6. The van der Waals surface area contributed by atoms with Crippen LogP contribution in [0.15, 0.2) is 30.3 Å². The molecule has 3 nitrogen and oxygen atoms in total. The minimum absolute atomic E-state index is 0.235. The lowest BCUT2D eigenvalue weighted by Gasteiger charge is -2.12. The molecule has 0 aromatic heterocycles. The SMILES string of the molecule is COc1ccc(C(=O)c2cc(Cl)cc(Cl)c2)c(OC)c1Cl. The van der Waals surface area contributed by atoms with E-state index in [2.05, 4.69) is 0 Å². The van der Waals surface area contributed by atoms with Crippen LogP contribution in [0.5, 0.6) is 11.5 Å². The molecule has 2 aromatic carbocycles. The molecule has 0 N–H and O–H groups in total. The first-order valence-corrected chi connectivity index (χ1v) is 7.02. The van der Waals surface area contributed by atoms with Crippen LogP contribution in [0.3, 0.4) is 0 Å². The van der Waals surface area contributed by atoms with Gasteiger partial charge in [0.2, 0.25) is 0 Å². The molecular weight excluding hydrogens is 335 g/mol. The number of methoxy groups -OCH3 is 2. The molecule has 0 radical (unpaired) electrons. The van der Waals surface area contributed by atoms with Crippen molar-refractivity contribution in [2.24, 2.45) is 0 Å². The van der Waals surface area contributed by atoms with Crippen LogP contribution in [-0.4, -0.2) is 20.0 Å². The van der Waals surface area contributed by atoms with Crippen molar-refractivity contribution in [1.82, 2.24) is 0 Å². The summed E-state index contributed by atoms with van der Waals surface area (Å²) in [5.74, 6) is 0.382. The van der Waals surface area contributed by atoms with Gasteiger partial charge in [0.25, 0.3) is 0 Å². The Bertz CT molecular complexity index is 679. The number of rotatable bonds is 4. The van der Waals surface area contributed by atoms with Crippen molar-refractivity contribution in [1.29, 1.82) is 0 Å². The Hall–Kier alpha value is -1.42. The summed E-state index contributed by atoms with van der Waals surface area (Å²) < 4.78 is 10.3. The molecule has 0 aliphatic rings. The Morgan fingerprint density at radius 3 is 2.10 bits per heavy atom. The summed E-state index contributed by atoms with van der Waals surface area (Å²) >= 11 is 18.0. The Balaban J connectivity index is 2.55. The van der Waals surface area contributed by atoms with Crippen LogP contribution in [0.4, 0.5) is 0 Å². The molecule has 0 spiro atoms. The predicted octanol–water partition coefficient (Wildman–Crippen LogP) is 4.90. The van der Waals surface area contributed by atoms with Gasteiger partial charge in [0.05, 0.1) is 19.8 Å². The summed E-state index contributed by atoms with van der Waals surface area (Å²) in [6, 6.07) is 7.81. The van der Waals surface area contributed by atoms with E-state index in [-0.39, 0.29) is 16.6 Å². The number of benzene rings is 2. The summed E-state index contributed by atoms with van der Waals surface area (Å²) in [5.41, 5.74) is 0.661. The second-order valence-corrected chi connectivity index (χ2v) is 5.40. The molecule has 0 unspecified atom stereocenters.